The van der Waals surface area contributed by atoms with Crippen molar-refractivity contribution in [1.82, 2.24) is 0 Å². The van der Waals surface area contributed by atoms with Crippen molar-refractivity contribution in [3.8, 4) is 0 Å². The number of fused-ring (bicyclic) bond motifs is 1. The van der Waals surface area contributed by atoms with Crippen molar-refractivity contribution in [1.29, 1.82) is 0 Å². The maximum atomic E-state index is 11.3. The zero-order valence-electron chi connectivity index (χ0n) is 14.2. The first-order valence-corrected chi connectivity index (χ1v) is 7.90. The maximum Gasteiger partial charge on any atom is 0.371 e. The van der Waals surface area contributed by atoms with Gasteiger partial charge in [0.2, 0.25) is 0 Å². The Hall–Kier alpha value is -1.73. The Bertz CT molecular complexity index is 462. The van der Waals surface area contributed by atoms with Gasteiger partial charge in [-0.15, -0.1) is 6.58 Å². The second-order valence-corrected chi connectivity index (χ2v) is 6.11. The van der Waals surface area contributed by atoms with E-state index in [1.807, 2.05) is 13.8 Å². The van der Waals surface area contributed by atoms with E-state index in [2.05, 4.69) is 18.1 Å². The molecule has 3 unspecified atom stereocenters. The normalized spacial score (nSPS) is 27.0. The number of rotatable bonds is 5. The fourth-order valence-corrected chi connectivity index (χ4v) is 2.82. The third-order valence-corrected chi connectivity index (χ3v) is 3.76. The van der Waals surface area contributed by atoms with Crippen LogP contribution in [0.5, 0.6) is 0 Å². The van der Waals surface area contributed by atoms with Gasteiger partial charge >= 0.3 is 11.9 Å². The zero-order chi connectivity index (χ0) is 18.2. The van der Waals surface area contributed by atoms with Crippen LogP contribution in [0.3, 0.4) is 0 Å². The smallest absolute Gasteiger partial charge is 0.371 e. The van der Waals surface area contributed by atoms with Crippen LogP contribution < -0.4 is 0 Å². The number of carbonyl (C=O) groups is 2. The Morgan fingerprint density at radius 3 is 2.54 bits per heavy atom. The second-order valence-electron chi connectivity index (χ2n) is 6.11. The van der Waals surface area contributed by atoms with Crippen molar-refractivity contribution in [2.45, 2.75) is 57.5 Å². The molecule has 2 fully saturated rings. The monoisotopic (exact) mass is 344 g/mol. The van der Waals surface area contributed by atoms with Gasteiger partial charge < -0.3 is 14.2 Å². The van der Waals surface area contributed by atoms with E-state index in [1.54, 1.807) is 6.08 Å². The molecule has 0 amide bonds. The summed E-state index contributed by atoms with van der Waals surface area (Å²) in [4.78, 5) is 23.4. The molecule has 3 atom stereocenters. The molecule has 1 saturated heterocycles. The number of ether oxygens (including phenoxy) is 3. The first-order valence-electron chi connectivity index (χ1n) is 7.90. The minimum absolute atomic E-state index is 0.0604. The lowest BCUT2D eigenvalue weighted by molar-refractivity contribution is -0.176. The van der Waals surface area contributed by atoms with Crippen LogP contribution >= 0.6 is 0 Å². The van der Waals surface area contributed by atoms with Crippen LogP contribution in [0.15, 0.2) is 25.3 Å². The summed E-state index contributed by atoms with van der Waals surface area (Å²) in [6, 6.07) is 0. The molecule has 1 aliphatic heterocycles. The quantitative estimate of drug-likeness (QED) is 0.434. The Labute approximate surface area is 141 Å². The summed E-state index contributed by atoms with van der Waals surface area (Å²) < 4.78 is 27.5. The lowest BCUT2D eigenvalue weighted by Gasteiger charge is -2.30. The van der Waals surface area contributed by atoms with Gasteiger partial charge in [0.1, 0.15) is 0 Å². The van der Waals surface area contributed by atoms with Crippen LogP contribution in [0.1, 0.15) is 39.5 Å². The highest BCUT2D eigenvalue weighted by molar-refractivity contribution is 5.80. The van der Waals surface area contributed by atoms with E-state index in [1.165, 1.54) is 0 Å². The minimum Gasteiger partial charge on any atom is -0.465 e. The van der Waals surface area contributed by atoms with Gasteiger partial charge in [-0.1, -0.05) is 19.1 Å². The molecule has 0 bridgehead atoms. The third-order valence-electron chi connectivity index (χ3n) is 3.76. The predicted octanol–water partition coefficient (Wildman–Crippen LogP) is 3.03. The fraction of sp³-hybridized carbons (Fsp3) is 0.647. The number of esters is 1. The topological polar surface area (TPSA) is 71.1 Å². The number of halogens is 1. The molecule has 1 heterocycles. The standard InChI is InChI=1S/C14H22O4.C3H3FO2/c1-4-6-12(15)16-9-10-7-5-8-11-13(10)18-14(2,3)17-11;1-2-3(5)6-4/h4,10-11,13H,1,5-9H2,2-3H3;2H,1H2. The van der Waals surface area contributed by atoms with Crippen LogP contribution in [-0.4, -0.2) is 36.5 Å². The first kappa shape index (κ1) is 20.3. The van der Waals surface area contributed by atoms with Crippen LogP contribution in [0.4, 0.5) is 4.53 Å². The van der Waals surface area contributed by atoms with Gasteiger partial charge in [-0.2, -0.15) is 0 Å². The maximum absolute atomic E-state index is 11.3. The van der Waals surface area contributed by atoms with Gasteiger partial charge in [0.25, 0.3) is 0 Å². The highest BCUT2D eigenvalue weighted by atomic mass is 19.3. The average Bonchev–Trinajstić information content (AvgIpc) is 2.87. The van der Waals surface area contributed by atoms with Gasteiger partial charge in [-0.05, 0) is 26.7 Å². The molecule has 136 valence electrons. The van der Waals surface area contributed by atoms with Gasteiger partial charge in [-0.3, -0.25) is 9.74 Å². The second kappa shape index (κ2) is 9.54. The van der Waals surface area contributed by atoms with Crippen molar-refractivity contribution < 1.29 is 33.3 Å². The highest BCUT2D eigenvalue weighted by Gasteiger charge is 2.46. The Morgan fingerprint density at radius 1 is 1.29 bits per heavy atom. The highest BCUT2D eigenvalue weighted by Crippen LogP contribution is 2.39. The summed E-state index contributed by atoms with van der Waals surface area (Å²) in [6.45, 7) is 10.7. The Morgan fingerprint density at radius 2 is 2.00 bits per heavy atom. The molecule has 0 aromatic heterocycles. The van der Waals surface area contributed by atoms with Crippen LogP contribution in [0.25, 0.3) is 0 Å². The van der Waals surface area contributed by atoms with Gasteiger partial charge in [0.05, 0.1) is 25.2 Å². The Balaban J connectivity index is 0.000000413. The largest absolute Gasteiger partial charge is 0.465 e. The van der Waals surface area contributed by atoms with Gasteiger partial charge in [-0.25, -0.2) is 4.79 Å². The lowest BCUT2D eigenvalue weighted by atomic mass is 9.85. The van der Waals surface area contributed by atoms with Crippen molar-refractivity contribution in [3.63, 3.8) is 0 Å². The Kier molecular flexibility index (Phi) is 8.07. The van der Waals surface area contributed by atoms with E-state index < -0.39 is 11.8 Å². The molecule has 0 N–H and O–H groups in total. The molecule has 2 aliphatic rings. The van der Waals surface area contributed by atoms with Crippen molar-refractivity contribution in [2.75, 3.05) is 6.61 Å². The molecule has 0 aromatic rings. The molecule has 1 saturated carbocycles. The average molecular weight is 344 g/mol. The van der Waals surface area contributed by atoms with Crippen molar-refractivity contribution in [3.05, 3.63) is 25.3 Å². The predicted molar refractivity (Wildman–Crippen MR) is 84.3 cm³/mol. The number of carbonyl (C=O) groups excluding carboxylic acids is 2. The van der Waals surface area contributed by atoms with E-state index in [0.29, 0.717) is 6.61 Å². The minimum atomic E-state index is -1.06. The molecule has 24 heavy (non-hydrogen) atoms. The molecule has 0 radical (unpaired) electrons. The summed E-state index contributed by atoms with van der Waals surface area (Å²) in [5.41, 5.74) is 0. The van der Waals surface area contributed by atoms with Crippen LogP contribution in [0.2, 0.25) is 0 Å². The summed E-state index contributed by atoms with van der Waals surface area (Å²) in [5, 5.41) is 0. The van der Waals surface area contributed by atoms with Crippen LogP contribution in [0, 0.1) is 5.92 Å². The molecule has 2 rings (SSSR count). The summed E-state index contributed by atoms with van der Waals surface area (Å²) in [6.07, 6.45) is 5.94. The summed E-state index contributed by atoms with van der Waals surface area (Å²) >= 11 is 0. The molecule has 1 aliphatic carbocycles. The zero-order valence-corrected chi connectivity index (χ0v) is 14.2. The van der Waals surface area contributed by atoms with E-state index in [4.69, 9.17) is 14.2 Å². The van der Waals surface area contributed by atoms with E-state index in [-0.39, 0.29) is 30.5 Å². The van der Waals surface area contributed by atoms with Crippen molar-refractivity contribution in [2.24, 2.45) is 5.92 Å². The van der Waals surface area contributed by atoms with Crippen molar-refractivity contribution >= 4 is 11.9 Å². The van der Waals surface area contributed by atoms with Gasteiger partial charge in [0, 0.05) is 16.5 Å². The van der Waals surface area contributed by atoms with Crippen LogP contribution in [-0.2, 0) is 28.7 Å². The summed E-state index contributed by atoms with van der Waals surface area (Å²) in [7, 11) is 0. The molecular formula is C17H25FO6. The van der Waals surface area contributed by atoms with E-state index >= 15 is 0 Å². The number of hydrogen-bond acceptors (Lipinski definition) is 6. The molecule has 0 aromatic carbocycles. The van der Waals surface area contributed by atoms with Gasteiger partial charge in [0.15, 0.2) is 5.79 Å². The van der Waals surface area contributed by atoms with E-state index in [9.17, 15) is 14.1 Å². The lowest BCUT2D eigenvalue weighted by Crippen LogP contribution is -2.38. The summed E-state index contributed by atoms with van der Waals surface area (Å²) in [5.74, 6) is -1.54. The SMILES string of the molecule is C=CC(=O)OF.C=CCC(=O)OCC1CCCC2OC(C)(C)OC12. The molecule has 7 heteroatoms. The molecule has 6 nitrogen and oxygen atoms in total. The fourth-order valence-electron chi connectivity index (χ4n) is 2.82. The molecular weight excluding hydrogens is 319 g/mol. The number of hydrogen-bond donors (Lipinski definition) is 0. The third kappa shape index (κ3) is 6.41. The first-order chi connectivity index (χ1) is 11.3. The van der Waals surface area contributed by atoms with E-state index in [0.717, 1.165) is 25.3 Å². The molecule has 0 spiro atoms.